The van der Waals surface area contributed by atoms with Gasteiger partial charge in [0.05, 0.1) is 0 Å². The van der Waals surface area contributed by atoms with Crippen LogP contribution in [0.4, 0.5) is 0 Å². The normalized spacial score (nSPS) is 31.1. The van der Waals surface area contributed by atoms with Gasteiger partial charge < -0.3 is 9.47 Å². The van der Waals surface area contributed by atoms with Crippen molar-refractivity contribution in [3.63, 3.8) is 0 Å². The van der Waals surface area contributed by atoms with E-state index in [-0.39, 0.29) is 11.7 Å². The average Bonchev–Trinajstić information content (AvgIpc) is 2.39. The third-order valence-electron chi connectivity index (χ3n) is 4.34. The van der Waals surface area contributed by atoms with Gasteiger partial charge in [-0.15, -0.1) is 0 Å². The molecule has 1 aromatic rings. The highest BCUT2D eigenvalue weighted by Crippen LogP contribution is 2.52. The minimum absolute atomic E-state index is 0.109. The number of carbonyl (C=O) groups excluding carboxylic acids is 1. The molecule has 2 atom stereocenters. The number of benzene rings is 1. The van der Waals surface area contributed by atoms with Crippen LogP contribution in [-0.4, -0.2) is 11.6 Å². The molecule has 0 N–H and O–H groups in total. The van der Waals surface area contributed by atoms with Gasteiger partial charge in [-0.2, -0.15) is 0 Å². The Labute approximate surface area is 126 Å². The Balaban J connectivity index is 1.93. The van der Waals surface area contributed by atoms with Crippen molar-refractivity contribution in [3.8, 4) is 5.75 Å². The largest absolute Gasteiger partial charge is 0.457 e. The predicted molar refractivity (Wildman–Crippen MR) is 77.5 cm³/mol. The van der Waals surface area contributed by atoms with E-state index < -0.39 is 5.79 Å². The smallest absolute Gasteiger partial charge is 0.248 e. The minimum atomic E-state index is -0.637. The van der Waals surface area contributed by atoms with Crippen LogP contribution in [0.25, 0.3) is 0 Å². The van der Waals surface area contributed by atoms with Gasteiger partial charge >= 0.3 is 0 Å². The molecule has 3 nitrogen and oxygen atoms in total. The zero-order valence-corrected chi connectivity index (χ0v) is 12.8. The van der Waals surface area contributed by atoms with Crippen molar-refractivity contribution in [2.24, 2.45) is 0 Å². The van der Waals surface area contributed by atoms with Crippen molar-refractivity contribution < 1.29 is 14.3 Å². The minimum Gasteiger partial charge on any atom is -0.457 e. The van der Waals surface area contributed by atoms with E-state index >= 15 is 0 Å². The van der Waals surface area contributed by atoms with Gasteiger partial charge in [0.25, 0.3) is 0 Å². The lowest BCUT2D eigenvalue weighted by molar-refractivity contribution is -0.171. The van der Waals surface area contributed by atoms with Crippen LogP contribution in [0, 0.1) is 0 Å². The average molecular weight is 335 g/mol. The summed E-state index contributed by atoms with van der Waals surface area (Å²) in [5.74, 6) is 1.40. The number of hydrogen-bond acceptors (Lipinski definition) is 3. The van der Waals surface area contributed by atoms with Crippen LogP contribution in [0.2, 0.25) is 0 Å². The summed E-state index contributed by atoms with van der Waals surface area (Å²) in [6.45, 7) is 1.97. The van der Waals surface area contributed by atoms with Gasteiger partial charge in [0.2, 0.25) is 5.79 Å². The highest BCUT2D eigenvalue weighted by Gasteiger charge is 2.48. The maximum atomic E-state index is 12.3. The molecular weight excluding hydrogens is 320 g/mol. The number of halogens is 1. The number of hydrogen-bond donors (Lipinski definition) is 0. The monoisotopic (exact) mass is 334 g/mol. The first kappa shape index (κ1) is 12.5. The summed E-state index contributed by atoms with van der Waals surface area (Å²) in [6, 6.07) is 5.98. The van der Waals surface area contributed by atoms with Gasteiger partial charge in [0.15, 0.2) is 5.78 Å². The maximum absolute atomic E-state index is 12.3. The van der Waals surface area contributed by atoms with Crippen molar-refractivity contribution in [1.82, 2.24) is 0 Å². The molecule has 0 spiro atoms. The van der Waals surface area contributed by atoms with Crippen LogP contribution in [0.3, 0.4) is 0 Å². The zero-order chi connectivity index (χ0) is 13.9. The molecule has 1 aliphatic carbocycles. The second-order valence-electron chi connectivity index (χ2n) is 5.89. The van der Waals surface area contributed by atoms with E-state index in [0.717, 1.165) is 40.0 Å². The summed E-state index contributed by atoms with van der Waals surface area (Å²) >= 11 is 3.51. The van der Waals surface area contributed by atoms with Crippen molar-refractivity contribution >= 4 is 21.7 Å². The van der Waals surface area contributed by atoms with Gasteiger partial charge in [0, 0.05) is 47.7 Å². The zero-order valence-electron chi connectivity index (χ0n) is 11.2. The molecule has 0 fully saturated rings. The Hall–Kier alpha value is -1.29. The van der Waals surface area contributed by atoms with Gasteiger partial charge in [0.1, 0.15) is 11.5 Å². The van der Waals surface area contributed by atoms with E-state index in [0.29, 0.717) is 12.8 Å². The third kappa shape index (κ3) is 1.74. The molecule has 0 radical (unpaired) electrons. The summed E-state index contributed by atoms with van der Waals surface area (Å²) < 4.78 is 13.1. The first-order chi connectivity index (χ1) is 9.56. The van der Waals surface area contributed by atoms with E-state index in [1.165, 1.54) is 0 Å². The van der Waals surface area contributed by atoms with E-state index in [1.807, 2.05) is 19.1 Å². The van der Waals surface area contributed by atoms with Crippen LogP contribution in [0.5, 0.6) is 5.75 Å². The summed E-state index contributed by atoms with van der Waals surface area (Å²) in [5, 5.41) is 0. The van der Waals surface area contributed by atoms with E-state index in [9.17, 15) is 4.79 Å². The molecule has 4 rings (SSSR count). The highest BCUT2D eigenvalue weighted by molar-refractivity contribution is 9.10. The predicted octanol–water partition coefficient (Wildman–Crippen LogP) is 4.07. The van der Waals surface area contributed by atoms with E-state index in [1.54, 1.807) is 0 Å². The van der Waals surface area contributed by atoms with Crippen molar-refractivity contribution in [1.29, 1.82) is 0 Å². The fraction of sp³-hybridized carbons (Fsp3) is 0.438. The Morgan fingerprint density at radius 3 is 3.00 bits per heavy atom. The maximum Gasteiger partial charge on any atom is 0.248 e. The molecule has 1 aromatic carbocycles. The van der Waals surface area contributed by atoms with Crippen molar-refractivity contribution in [3.05, 3.63) is 39.6 Å². The molecule has 0 saturated carbocycles. The molecule has 0 aromatic heterocycles. The van der Waals surface area contributed by atoms with E-state index in [2.05, 4.69) is 22.0 Å². The standard InChI is InChI=1S/C16H15BrO3/c1-16-8-11(10-7-9(17)5-6-13(10)19-16)15-12(18)3-2-4-14(15)20-16/h5-7,11H,2-4,8H2,1H3/t11-,16+/m0/s1. The van der Waals surface area contributed by atoms with Crippen LogP contribution < -0.4 is 4.74 Å². The Morgan fingerprint density at radius 1 is 1.30 bits per heavy atom. The number of ether oxygens (including phenoxy) is 2. The van der Waals surface area contributed by atoms with Gasteiger partial charge in [-0.1, -0.05) is 15.9 Å². The molecule has 2 aliphatic heterocycles. The quantitative estimate of drug-likeness (QED) is 0.717. The first-order valence-electron chi connectivity index (χ1n) is 6.99. The van der Waals surface area contributed by atoms with E-state index in [4.69, 9.17) is 9.47 Å². The number of rotatable bonds is 0. The SMILES string of the molecule is C[C@]12C[C@H](C3=C(CCCC3=O)O1)c1cc(Br)ccc1O2. The molecule has 0 unspecified atom stereocenters. The molecule has 0 amide bonds. The Kier molecular flexibility index (Phi) is 2.56. The summed E-state index contributed by atoms with van der Waals surface area (Å²) in [4.78, 5) is 12.3. The fourth-order valence-corrected chi connectivity index (χ4v) is 3.93. The van der Waals surface area contributed by atoms with Crippen molar-refractivity contribution in [2.75, 3.05) is 0 Å². The lowest BCUT2D eigenvalue weighted by Crippen LogP contribution is -2.46. The van der Waals surface area contributed by atoms with Gasteiger partial charge in [-0.05, 0) is 24.6 Å². The molecule has 2 heterocycles. The lowest BCUT2D eigenvalue weighted by Gasteiger charge is -2.46. The Morgan fingerprint density at radius 2 is 2.15 bits per heavy atom. The number of ketones is 1. The first-order valence-corrected chi connectivity index (χ1v) is 7.79. The number of fused-ring (bicyclic) bond motifs is 5. The molecule has 2 bridgehead atoms. The summed E-state index contributed by atoms with van der Waals surface area (Å²) in [7, 11) is 0. The third-order valence-corrected chi connectivity index (χ3v) is 4.84. The van der Waals surface area contributed by atoms with Gasteiger partial charge in [-0.25, -0.2) is 0 Å². The molecule has 20 heavy (non-hydrogen) atoms. The molecule has 4 heteroatoms. The fourth-order valence-electron chi connectivity index (χ4n) is 3.55. The van der Waals surface area contributed by atoms with Crippen LogP contribution >= 0.6 is 15.9 Å². The molecule has 104 valence electrons. The van der Waals surface area contributed by atoms with Gasteiger partial charge in [-0.3, -0.25) is 4.79 Å². The van der Waals surface area contributed by atoms with Crippen LogP contribution in [0.15, 0.2) is 34.0 Å². The molecule has 3 aliphatic rings. The highest BCUT2D eigenvalue weighted by atomic mass is 79.9. The van der Waals surface area contributed by atoms with Crippen LogP contribution in [0.1, 0.15) is 44.1 Å². The topological polar surface area (TPSA) is 35.5 Å². The lowest BCUT2D eigenvalue weighted by atomic mass is 9.76. The van der Waals surface area contributed by atoms with Crippen molar-refractivity contribution in [2.45, 2.75) is 44.3 Å². The second-order valence-corrected chi connectivity index (χ2v) is 6.81. The molecule has 0 saturated heterocycles. The number of carbonyl (C=O) groups is 1. The van der Waals surface area contributed by atoms with Crippen LogP contribution in [-0.2, 0) is 9.53 Å². The number of allylic oxidation sites excluding steroid dienone is 2. The summed E-state index contributed by atoms with van der Waals surface area (Å²) in [6.07, 6.45) is 3.08. The molecular formula is C16H15BrO3. The summed E-state index contributed by atoms with van der Waals surface area (Å²) in [5.41, 5.74) is 1.99. The number of Topliss-reactive ketones (excluding diaryl/α,β-unsaturated/α-hetero) is 1. The Bertz CT molecular complexity index is 649. The second kappa shape index (κ2) is 4.10.